The van der Waals surface area contributed by atoms with Gasteiger partial charge in [0.05, 0.1) is 16.4 Å². The molecule has 6 heteroatoms. The van der Waals surface area contributed by atoms with Gasteiger partial charge in [0.1, 0.15) is 11.8 Å². The molecule has 0 spiro atoms. The summed E-state index contributed by atoms with van der Waals surface area (Å²) in [5.74, 6) is -0.490. The van der Waals surface area contributed by atoms with Gasteiger partial charge in [0.2, 0.25) is 5.91 Å². The summed E-state index contributed by atoms with van der Waals surface area (Å²) < 4.78 is 0.588. The quantitative estimate of drug-likeness (QED) is 0.795. The first-order valence-electron chi connectivity index (χ1n) is 3.35. The maximum Gasteiger partial charge on any atom is 0.250 e. The SMILES string of the molecule is O=C(CO)Nc1cnc(Cl)c(Br)c1. The number of nitrogens with zero attached hydrogens (tertiary/aromatic N) is 1. The number of pyridine rings is 1. The fourth-order valence-electron chi connectivity index (χ4n) is 0.690. The van der Waals surface area contributed by atoms with Crippen molar-refractivity contribution in [2.24, 2.45) is 0 Å². The Labute approximate surface area is 88.1 Å². The Morgan fingerprint density at radius 1 is 1.77 bits per heavy atom. The Balaban J connectivity index is 2.79. The number of aliphatic hydroxyl groups is 1. The number of hydrogen-bond acceptors (Lipinski definition) is 3. The van der Waals surface area contributed by atoms with Crippen LogP contribution < -0.4 is 5.32 Å². The van der Waals surface area contributed by atoms with E-state index in [0.29, 0.717) is 15.3 Å². The topological polar surface area (TPSA) is 62.2 Å². The predicted octanol–water partition coefficient (Wildman–Crippen LogP) is 1.43. The minimum Gasteiger partial charge on any atom is -0.387 e. The van der Waals surface area contributed by atoms with Gasteiger partial charge in [-0.1, -0.05) is 11.6 Å². The molecule has 0 aliphatic rings. The number of amides is 1. The highest BCUT2D eigenvalue weighted by Gasteiger charge is 2.03. The number of aromatic nitrogens is 1. The van der Waals surface area contributed by atoms with Crippen molar-refractivity contribution >= 4 is 39.1 Å². The zero-order chi connectivity index (χ0) is 9.84. The van der Waals surface area contributed by atoms with Gasteiger partial charge in [-0.2, -0.15) is 0 Å². The van der Waals surface area contributed by atoms with Gasteiger partial charge in [-0.25, -0.2) is 4.98 Å². The van der Waals surface area contributed by atoms with Crippen LogP contribution in [-0.4, -0.2) is 22.6 Å². The minimum atomic E-state index is -0.555. The minimum absolute atomic E-state index is 0.321. The van der Waals surface area contributed by atoms with Gasteiger partial charge < -0.3 is 10.4 Å². The standard InChI is InChI=1S/C7H6BrClN2O2/c8-5-1-4(2-10-7(5)9)11-6(13)3-12/h1-2,12H,3H2,(H,11,13). The van der Waals surface area contributed by atoms with Crippen molar-refractivity contribution in [3.8, 4) is 0 Å². The lowest BCUT2D eigenvalue weighted by molar-refractivity contribution is -0.118. The molecule has 4 nitrogen and oxygen atoms in total. The van der Waals surface area contributed by atoms with E-state index in [4.69, 9.17) is 16.7 Å². The second kappa shape index (κ2) is 4.55. The van der Waals surface area contributed by atoms with Crippen LogP contribution in [0.2, 0.25) is 5.15 Å². The molecule has 0 aliphatic carbocycles. The lowest BCUT2D eigenvalue weighted by Gasteiger charge is -2.03. The van der Waals surface area contributed by atoms with Crippen LogP contribution in [0.25, 0.3) is 0 Å². The van der Waals surface area contributed by atoms with Crippen molar-refractivity contribution in [3.05, 3.63) is 21.9 Å². The molecule has 0 radical (unpaired) electrons. The monoisotopic (exact) mass is 264 g/mol. The summed E-state index contributed by atoms with van der Waals surface area (Å²) in [5.41, 5.74) is 0.482. The molecule has 2 N–H and O–H groups in total. The average molecular weight is 265 g/mol. The Bertz CT molecular complexity index is 332. The lowest BCUT2D eigenvalue weighted by Crippen LogP contribution is -2.15. The first-order chi connectivity index (χ1) is 6.13. The third-order valence-electron chi connectivity index (χ3n) is 1.22. The maximum absolute atomic E-state index is 10.7. The molecular formula is C7H6BrClN2O2. The van der Waals surface area contributed by atoms with Gasteiger partial charge in [-0.15, -0.1) is 0 Å². The van der Waals surface area contributed by atoms with Gasteiger partial charge in [0.15, 0.2) is 0 Å². The first-order valence-corrected chi connectivity index (χ1v) is 4.52. The number of carbonyl (C=O) groups excluding carboxylic acids is 1. The number of hydrogen-bond donors (Lipinski definition) is 2. The summed E-state index contributed by atoms with van der Waals surface area (Å²) in [6.07, 6.45) is 1.40. The highest BCUT2D eigenvalue weighted by Crippen LogP contribution is 2.22. The predicted molar refractivity (Wildman–Crippen MR) is 52.7 cm³/mol. The van der Waals surface area contributed by atoms with Crippen molar-refractivity contribution < 1.29 is 9.90 Å². The Hall–Kier alpha value is -0.650. The lowest BCUT2D eigenvalue weighted by atomic mass is 10.4. The number of carbonyl (C=O) groups is 1. The Morgan fingerprint density at radius 2 is 2.46 bits per heavy atom. The molecule has 1 aromatic heterocycles. The zero-order valence-electron chi connectivity index (χ0n) is 6.42. The van der Waals surface area contributed by atoms with Crippen molar-refractivity contribution in [2.75, 3.05) is 11.9 Å². The van der Waals surface area contributed by atoms with Crippen molar-refractivity contribution in [2.45, 2.75) is 0 Å². The highest BCUT2D eigenvalue weighted by molar-refractivity contribution is 9.10. The van der Waals surface area contributed by atoms with Crippen LogP contribution in [0, 0.1) is 0 Å². The van der Waals surface area contributed by atoms with Crippen molar-refractivity contribution in [1.82, 2.24) is 4.98 Å². The Kier molecular flexibility index (Phi) is 3.65. The molecule has 1 rings (SSSR count). The van der Waals surface area contributed by atoms with Crippen LogP contribution in [0.5, 0.6) is 0 Å². The molecule has 0 unspecified atom stereocenters. The van der Waals surface area contributed by atoms with E-state index >= 15 is 0 Å². The molecule has 1 aromatic rings. The number of nitrogens with one attached hydrogen (secondary N) is 1. The third-order valence-corrected chi connectivity index (χ3v) is 2.36. The summed E-state index contributed by atoms with van der Waals surface area (Å²) in [6.45, 7) is -0.555. The summed E-state index contributed by atoms with van der Waals surface area (Å²) in [6, 6.07) is 1.60. The number of halogens is 2. The molecular weight excluding hydrogens is 259 g/mol. The van der Waals surface area contributed by atoms with E-state index in [1.165, 1.54) is 6.20 Å². The molecule has 0 aromatic carbocycles. The molecule has 70 valence electrons. The second-order valence-electron chi connectivity index (χ2n) is 2.20. The van der Waals surface area contributed by atoms with E-state index in [0.717, 1.165) is 0 Å². The van der Waals surface area contributed by atoms with Gasteiger partial charge in [0, 0.05) is 0 Å². The van der Waals surface area contributed by atoms with Crippen LogP contribution in [-0.2, 0) is 4.79 Å². The van der Waals surface area contributed by atoms with E-state index in [9.17, 15) is 4.79 Å². The number of anilines is 1. The first kappa shape index (κ1) is 10.4. The fraction of sp³-hybridized carbons (Fsp3) is 0.143. The van der Waals surface area contributed by atoms with Crippen LogP contribution in [0.4, 0.5) is 5.69 Å². The zero-order valence-corrected chi connectivity index (χ0v) is 8.76. The van der Waals surface area contributed by atoms with Crippen LogP contribution in [0.15, 0.2) is 16.7 Å². The van der Waals surface area contributed by atoms with Crippen molar-refractivity contribution in [1.29, 1.82) is 0 Å². The maximum atomic E-state index is 10.7. The molecule has 0 saturated heterocycles. The molecule has 0 bridgehead atoms. The number of rotatable bonds is 2. The third kappa shape index (κ3) is 2.95. The van der Waals surface area contributed by atoms with Gasteiger partial charge in [0.25, 0.3) is 0 Å². The average Bonchev–Trinajstić information content (AvgIpc) is 2.11. The van der Waals surface area contributed by atoms with E-state index < -0.39 is 12.5 Å². The van der Waals surface area contributed by atoms with Crippen LogP contribution >= 0.6 is 27.5 Å². The van der Waals surface area contributed by atoms with E-state index in [1.54, 1.807) is 6.07 Å². The summed E-state index contributed by atoms with van der Waals surface area (Å²) in [4.78, 5) is 14.5. The smallest absolute Gasteiger partial charge is 0.250 e. The van der Waals surface area contributed by atoms with Crippen LogP contribution in [0.3, 0.4) is 0 Å². The van der Waals surface area contributed by atoms with Gasteiger partial charge in [-0.3, -0.25) is 4.79 Å². The number of aliphatic hydroxyl groups excluding tert-OH is 1. The molecule has 1 heterocycles. The normalized spacial score (nSPS) is 9.77. The molecule has 0 atom stereocenters. The highest BCUT2D eigenvalue weighted by atomic mass is 79.9. The summed E-state index contributed by atoms with van der Waals surface area (Å²) in [7, 11) is 0. The van der Waals surface area contributed by atoms with Crippen LogP contribution in [0.1, 0.15) is 0 Å². The fourth-order valence-corrected chi connectivity index (χ4v) is 1.14. The summed E-state index contributed by atoms with van der Waals surface area (Å²) in [5, 5.41) is 11.2. The van der Waals surface area contributed by atoms with Gasteiger partial charge >= 0.3 is 0 Å². The second-order valence-corrected chi connectivity index (χ2v) is 3.42. The largest absolute Gasteiger partial charge is 0.387 e. The summed E-state index contributed by atoms with van der Waals surface area (Å²) >= 11 is 8.78. The van der Waals surface area contributed by atoms with Gasteiger partial charge in [-0.05, 0) is 22.0 Å². The molecule has 0 saturated carbocycles. The molecule has 1 amide bonds. The van der Waals surface area contributed by atoms with E-state index in [2.05, 4.69) is 26.2 Å². The molecule has 13 heavy (non-hydrogen) atoms. The van der Waals surface area contributed by atoms with Crippen molar-refractivity contribution in [3.63, 3.8) is 0 Å². The Morgan fingerprint density at radius 3 is 3.00 bits per heavy atom. The molecule has 0 fully saturated rings. The van der Waals surface area contributed by atoms with E-state index in [1.807, 2.05) is 0 Å². The van der Waals surface area contributed by atoms with E-state index in [-0.39, 0.29) is 0 Å². The molecule has 0 aliphatic heterocycles.